The van der Waals surface area contributed by atoms with E-state index in [1.165, 1.54) is 11.1 Å². The van der Waals surface area contributed by atoms with Crippen molar-refractivity contribution in [2.24, 2.45) is 0 Å². The number of aliphatic hydroxyl groups excluding tert-OH is 1. The zero-order valence-electron chi connectivity index (χ0n) is 11.0. The first-order valence-electron chi connectivity index (χ1n) is 6.05. The van der Waals surface area contributed by atoms with Gasteiger partial charge in [0.2, 0.25) is 0 Å². The summed E-state index contributed by atoms with van der Waals surface area (Å²) in [6.45, 7) is 6.17. The minimum absolute atomic E-state index is 0.0327. The van der Waals surface area contributed by atoms with E-state index in [1.807, 2.05) is 43.3 Å². The van der Waals surface area contributed by atoms with Crippen molar-refractivity contribution in [3.63, 3.8) is 0 Å². The molecule has 2 rings (SSSR count). The number of aliphatic hydroxyl groups is 1. The van der Waals surface area contributed by atoms with E-state index < -0.39 is 0 Å². The number of hydrogen-bond donors (Lipinski definition) is 1. The van der Waals surface area contributed by atoms with E-state index >= 15 is 0 Å². The summed E-state index contributed by atoms with van der Waals surface area (Å²) in [4.78, 5) is 0. The summed E-state index contributed by atoms with van der Waals surface area (Å²) < 4.78 is 5.83. The average molecular weight is 242 g/mol. The Kier molecular flexibility index (Phi) is 3.68. The molecule has 2 nitrogen and oxygen atoms in total. The van der Waals surface area contributed by atoms with Crippen LogP contribution in [0.4, 0.5) is 0 Å². The topological polar surface area (TPSA) is 29.5 Å². The van der Waals surface area contributed by atoms with Crippen molar-refractivity contribution in [2.45, 2.75) is 27.4 Å². The molecule has 0 spiro atoms. The van der Waals surface area contributed by atoms with Crippen LogP contribution in [0.2, 0.25) is 0 Å². The van der Waals surface area contributed by atoms with Crippen molar-refractivity contribution in [3.8, 4) is 11.5 Å². The molecule has 2 aromatic carbocycles. The largest absolute Gasteiger partial charge is 0.457 e. The van der Waals surface area contributed by atoms with Gasteiger partial charge in [-0.15, -0.1) is 0 Å². The molecule has 0 bridgehead atoms. The number of ether oxygens (including phenoxy) is 1. The van der Waals surface area contributed by atoms with Gasteiger partial charge in [0.25, 0.3) is 0 Å². The summed E-state index contributed by atoms with van der Waals surface area (Å²) in [5.41, 5.74) is 4.42. The predicted octanol–water partition coefficient (Wildman–Crippen LogP) is 3.90. The average Bonchev–Trinajstić information content (AvgIpc) is 2.33. The summed E-state index contributed by atoms with van der Waals surface area (Å²) in [5.74, 6) is 1.59. The number of aryl methyl sites for hydroxylation is 3. The van der Waals surface area contributed by atoms with E-state index in [9.17, 15) is 5.11 Å². The summed E-state index contributed by atoms with van der Waals surface area (Å²) in [6.07, 6.45) is 0. The fourth-order valence-electron chi connectivity index (χ4n) is 1.89. The molecule has 1 N–H and O–H groups in total. The molecule has 18 heavy (non-hydrogen) atoms. The van der Waals surface area contributed by atoms with Crippen molar-refractivity contribution in [1.29, 1.82) is 0 Å². The fraction of sp³-hybridized carbons (Fsp3) is 0.250. The lowest BCUT2D eigenvalue weighted by Gasteiger charge is -2.10. The molecule has 0 aliphatic heterocycles. The van der Waals surface area contributed by atoms with Crippen LogP contribution in [0, 0.1) is 20.8 Å². The van der Waals surface area contributed by atoms with Gasteiger partial charge < -0.3 is 9.84 Å². The van der Waals surface area contributed by atoms with Gasteiger partial charge in [-0.05, 0) is 67.3 Å². The van der Waals surface area contributed by atoms with Gasteiger partial charge >= 0.3 is 0 Å². The lowest BCUT2D eigenvalue weighted by Crippen LogP contribution is -1.90. The molecule has 0 aliphatic carbocycles. The second kappa shape index (κ2) is 5.23. The van der Waals surface area contributed by atoms with Crippen molar-refractivity contribution in [2.75, 3.05) is 0 Å². The Hall–Kier alpha value is -1.80. The normalized spacial score (nSPS) is 10.4. The van der Waals surface area contributed by atoms with Crippen molar-refractivity contribution < 1.29 is 9.84 Å². The standard InChI is InChI=1S/C16H18O2/c1-11-6-14(10-17)9-16(7-11)18-15-5-4-12(2)13(3)8-15/h4-9,17H,10H2,1-3H3. The van der Waals surface area contributed by atoms with Crippen LogP contribution in [0.5, 0.6) is 11.5 Å². The second-order valence-electron chi connectivity index (χ2n) is 4.66. The molecule has 2 heteroatoms. The fourth-order valence-corrected chi connectivity index (χ4v) is 1.89. The molecule has 0 radical (unpaired) electrons. The van der Waals surface area contributed by atoms with Gasteiger partial charge in [-0.1, -0.05) is 12.1 Å². The smallest absolute Gasteiger partial charge is 0.128 e. The maximum absolute atomic E-state index is 9.18. The van der Waals surface area contributed by atoms with Crippen LogP contribution in [0.15, 0.2) is 36.4 Å². The molecule has 0 saturated heterocycles. The maximum atomic E-state index is 9.18. The third-order valence-corrected chi connectivity index (χ3v) is 3.01. The lowest BCUT2D eigenvalue weighted by molar-refractivity contribution is 0.281. The Morgan fingerprint density at radius 3 is 2.33 bits per heavy atom. The molecule has 0 aromatic heterocycles. The van der Waals surface area contributed by atoms with Crippen LogP contribution in [0.1, 0.15) is 22.3 Å². The Morgan fingerprint density at radius 2 is 1.67 bits per heavy atom. The zero-order valence-corrected chi connectivity index (χ0v) is 11.0. The van der Waals surface area contributed by atoms with E-state index in [-0.39, 0.29) is 6.61 Å². The van der Waals surface area contributed by atoms with E-state index in [0.717, 1.165) is 22.6 Å². The second-order valence-corrected chi connectivity index (χ2v) is 4.66. The van der Waals surface area contributed by atoms with E-state index in [0.29, 0.717) is 0 Å². The molecule has 0 saturated carbocycles. The van der Waals surface area contributed by atoms with Gasteiger partial charge in [0.15, 0.2) is 0 Å². The van der Waals surface area contributed by atoms with Crippen LogP contribution in [0.25, 0.3) is 0 Å². The van der Waals surface area contributed by atoms with Crippen LogP contribution in [0.3, 0.4) is 0 Å². The van der Waals surface area contributed by atoms with Crippen LogP contribution in [-0.2, 0) is 6.61 Å². The predicted molar refractivity (Wildman–Crippen MR) is 73.1 cm³/mol. The number of benzene rings is 2. The van der Waals surface area contributed by atoms with Crippen LogP contribution < -0.4 is 4.74 Å². The molecule has 0 fully saturated rings. The highest BCUT2D eigenvalue weighted by atomic mass is 16.5. The minimum atomic E-state index is 0.0327. The summed E-state index contributed by atoms with van der Waals surface area (Å²) in [6, 6.07) is 11.8. The van der Waals surface area contributed by atoms with Gasteiger partial charge in [-0.3, -0.25) is 0 Å². The van der Waals surface area contributed by atoms with Crippen LogP contribution >= 0.6 is 0 Å². The first-order valence-corrected chi connectivity index (χ1v) is 6.05. The summed E-state index contributed by atoms with van der Waals surface area (Å²) >= 11 is 0. The SMILES string of the molecule is Cc1cc(CO)cc(Oc2ccc(C)c(C)c2)c1. The van der Waals surface area contributed by atoms with Crippen LogP contribution in [-0.4, -0.2) is 5.11 Å². The van der Waals surface area contributed by atoms with E-state index in [2.05, 4.69) is 13.8 Å². The lowest BCUT2D eigenvalue weighted by atomic mass is 10.1. The molecule has 0 amide bonds. The van der Waals surface area contributed by atoms with Gasteiger partial charge in [0.1, 0.15) is 11.5 Å². The molecule has 0 heterocycles. The first kappa shape index (κ1) is 12.7. The Bertz CT molecular complexity index is 559. The Balaban J connectivity index is 2.27. The highest BCUT2D eigenvalue weighted by molar-refractivity contribution is 5.40. The van der Waals surface area contributed by atoms with Gasteiger partial charge in [0.05, 0.1) is 6.61 Å². The minimum Gasteiger partial charge on any atom is -0.457 e. The molecular weight excluding hydrogens is 224 g/mol. The molecule has 2 aromatic rings. The van der Waals surface area contributed by atoms with Crippen molar-refractivity contribution in [3.05, 3.63) is 58.7 Å². The highest BCUT2D eigenvalue weighted by Crippen LogP contribution is 2.25. The zero-order chi connectivity index (χ0) is 13.1. The molecule has 0 unspecified atom stereocenters. The summed E-state index contributed by atoms with van der Waals surface area (Å²) in [7, 11) is 0. The van der Waals surface area contributed by atoms with Gasteiger partial charge in [-0.25, -0.2) is 0 Å². The highest BCUT2D eigenvalue weighted by Gasteiger charge is 2.02. The van der Waals surface area contributed by atoms with Gasteiger partial charge in [-0.2, -0.15) is 0 Å². The monoisotopic (exact) mass is 242 g/mol. The van der Waals surface area contributed by atoms with E-state index in [1.54, 1.807) is 0 Å². The number of rotatable bonds is 3. The molecular formula is C16H18O2. The quantitative estimate of drug-likeness (QED) is 0.884. The summed E-state index contributed by atoms with van der Waals surface area (Å²) in [5, 5.41) is 9.18. The third kappa shape index (κ3) is 2.90. The van der Waals surface area contributed by atoms with E-state index in [4.69, 9.17) is 4.74 Å². The first-order chi connectivity index (χ1) is 8.58. The Labute approximate surface area is 108 Å². The number of hydrogen-bond acceptors (Lipinski definition) is 2. The van der Waals surface area contributed by atoms with Crippen molar-refractivity contribution in [1.82, 2.24) is 0 Å². The molecule has 0 aliphatic rings. The Morgan fingerprint density at radius 1 is 0.889 bits per heavy atom. The third-order valence-electron chi connectivity index (χ3n) is 3.01. The molecule has 94 valence electrons. The molecule has 0 atom stereocenters. The maximum Gasteiger partial charge on any atom is 0.128 e. The van der Waals surface area contributed by atoms with Gasteiger partial charge in [0, 0.05) is 0 Å². The van der Waals surface area contributed by atoms with Crippen molar-refractivity contribution >= 4 is 0 Å².